The van der Waals surface area contributed by atoms with Crippen molar-refractivity contribution in [3.63, 3.8) is 0 Å². The van der Waals surface area contributed by atoms with Crippen LogP contribution in [-0.4, -0.2) is 71.2 Å². The first-order valence-electron chi connectivity index (χ1n) is 11.0. The van der Waals surface area contributed by atoms with Crippen LogP contribution in [0.5, 0.6) is 5.75 Å². The highest BCUT2D eigenvalue weighted by atomic mass is 16.5. The SMILES string of the molecule is COc1ccc(-n2nc3nc(NCCN4CCOCC4)nc(-c4ccccc4)c3c2N)cc1. The minimum atomic E-state index is 0.494. The molecular weight excluding hydrogens is 418 g/mol. The van der Waals surface area contributed by atoms with E-state index >= 15 is 0 Å². The summed E-state index contributed by atoms with van der Waals surface area (Å²) in [4.78, 5) is 11.9. The van der Waals surface area contributed by atoms with Gasteiger partial charge in [-0.1, -0.05) is 30.3 Å². The van der Waals surface area contributed by atoms with E-state index in [2.05, 4.69) is 15.2 Å². The minimum absolute atomic E-state index is 0.494. The van der Waals surface area contributed by atoms with Gasteiger partial charge in [-0.15, -0.1) is 5.10 Å². The van der Waals surface area contributed by atoms with Crippen LogP contribution in [0.15, 0.2) is 54.6 Å². The molecular formula is C24H27N7O2. The lowest BCUT2D eigenvalue weighted by atomic mass is 10.1. The third-order valence-electron chi connectivity index (χ3n) is 5.75. The van der Waals surface area contributed by atoms with Gasteiger partial charge in [0.25, 0.3) is 0 Å². The van der Waals surface area contributed by atoms with Gasteiger partial charge in [-0.25, -0.2) is 9.67 Å². The second-order valence-corrected chi connectivity index (χ2v) is 7.84. The molecule has 0 atom stereocenters. The number of nitrogens with two attached hydrogens (primary N) is 1. The van der Waals surface area contributed by atoms with Crippen molar-refractivity contribution >= 4 is 22.8 Å². The molecule has 33 heavy (non-hydrogen) atoms. The van der Waals surface area contributed by atoms with Gasteiger partial charge >= 0.3 is 0 Å². The van der Waals surface area contributed by atoms with Crippen LogP contribution in [0.4, 0.5) is 11.8 Å². The minimum Gasteiger partial charge on any atom is -0.497 e. The Bertz CT molecular complexity index is 1220. The van der Waals surface area contributed by atoms with Crippen molar-refractivity contribution in [2.45, 2.75) is 0 Å². The average Bonchev–Trinajstić information content (AvgIpc) is 3.21. The molecule has 9 nitrogen and oxygen atoms in total. The van der Waals surface area contributed by atoms with E-state index in [1.54, 1.807) is 11.8 Å². The number of aromatic nitrogens is 4. The van der Waals surface area contributed by atoms with E-state index in [4.69, 9.17) is 25.3 Å². The summed E-state index contributed by atoms with van der Waals surface area (Å²) in [7, 11) is 1.64. The van der Waals surface area contributed by atoms with Gasteiger partial charge in [-0.2, -0.15) is 4.98 Å². The fourth-order valence-corrected chi connectivity index (χ4v) is 3.97. The normalized spacial score (nSPS) is 14.5. The molecule has 1 fully saturated rings. The summed E-state index contributed by atoms with van der Waals surface area (Å²) in [6.07, 6.45) is 0. The van der Waals surface area contributed by atoms with Gasteiger partial charge in [0.2, 0.25) is 5.95 Å². The van der Waals surface area contributed by atoms with Gasteiger partial charge < -0.3 is 20.5 Å². The number of anilines is 2. The zero-order chi connectivity index (χ0) is 22.6. The van der Waals surface area contributed by atoms with E-state index < -0.39 is 0 Å². The Labute approximate surface area is 192 Å². The molecule has 0 spiro atoms. The Kier molecular flexibility index (Phi) is 6.05. The van der Waals surface area contributed by atoms with Gasteiger partial charge in [-0.3, -0.25) is 4.90 Å². The fourth-order valence-electron chi connectivity index (χ4n) is 3.97. The number of nitrogen functional groups attached to an aromatic ring is 1. The summed E-state index contributed by atoms with van der Waals surface area (Å²) in [5, 5.41) is 8.81. The molecule has 170 valence electrons. The monoisotopic (exact) mass is 445 g/mol. The molecule has 3 heterocycles. The second-order valence-electron chi connectivity index (χ2n) is 7.84. The topological polar surface area (TPSA) is 103 Å². The number of benzene rings is 2. The molecule has 0 amide bonds. The standard InChI is InChI=1S/C24H27N7O2/c1-32-19-9-7-18(8-10-19)31-22(25)20-21(17-5-3-2-4-6-17)27-24(28-23(20)29-31)26-11-12-30-13-15-33-16-14-30/h2-10H,11-16,25H2,1H3,(H,26,28,29). The van der Waals surface area contributed by atoms with Crippen LogP contribution in [0.2, 0.25) is 0 Å². The Morgan fingerprint density at radius 1 is 1.03 bits per heavy atom. The Morgan fingerprint density at radius 3 is 2.52 bits per heavy atom. The van der Waals surface area contributed by atoms with Crippen molar-refractivity contribution in [2.24, 2.45) is 0 Å². The Balaban J connectivity index is 1.51. The molecule has 0 unspecified atom stereocenters. The quantitative estimate of drug-likeness (QED) is 0.448. The molecule has 1 aliphatic heterocycles. The molecule has 2 aromatic carbocycles. The highest BCUT2D eigenvalue weighted by Gasteiger charge is 2.19. The van der Waals surface area contributed by atoms with Gasteiger partial charge in [0, 0.05) is 31.7 Å². The first kappa shape index (κ1) is 21.2. The molecule has 0 saturated carbocycles. The molecule has 1 saturated heterocycles. The predicted octanol–water partition coefficient (Wildman–Crippen LogP) is 2.82. The zero-order valence-corrected chi connectivity index (χ0v) is 18.6. The van der Waals surface area contributed by atoms with E-state index in [9.17, 15) is 0 Å². The number of morpholine rings is 1. The molecule has 4 aromatic rings. The van der Waals surface area contributed by atoms with Crippen molar-refractivity contribution < 1.29 is 9.47 Å². The van der Waals surface area contributed by atoms with Gasteiger partial charge in [-0.05, 0) is 24.3 Å². The van der Waals surface area contributed by atoms with Crippen molar-refractivity contribution in [3.8, 4) is 22.7 Å². The van der Waals surface area contributed by atoms with Crippen molar-refractivity contribution in [2.75, 3.05) is 57.6 Å². The number of hydrogen-bond donors (Lipinski definition) is 2. The van der Waals surface area contributed by atoms with Gasteiger partial charge in [0.15, 0.2) is 5.65 Å². The van der Waals surface area contributed by atoms with Crippen LogP contribution >= 0.6 is 0 Å². The van der Waals surface area contributed by atoms with Crippen LogP contribution in [-0.2, 0) is 4.74 Å². The molecule has 0 aliphatic carbocycles. The number of ether oxygens (including phenoxy) is 2. The lowest BCUT2D eigenvalue weighted by Gasteiger charge is -2.26. The summed E-state index contributed by atoms with van der Waals surface area (Å²) in [6.45, 7) is 5.08. The maximum Gasteiger partial charge on any atom is 0.225 e. The summed E-state index contributed by atoms with van der Waals surface area (Å²) in [5.41, 5.74) is 9.67. The van der Waals surface area contributed by atoms with E-state index in [1.807, 2.05) is 54.6 Å². The third kappa shape index (κ3) is 4.46. The third-order valence-corrected chi connectivity index (χ3v) is 5.75. The van der Waals surface area contributed by atoms with Crippen molar-refractivity contribution in [1.82, 2.24) is 24.6 Å². The largest absolute Gasteiger partial charge is 0.497 e. The van der Waals surface area contributed by atoms with Gasteiger partial charge in [0.05, 0.1) is 37.1 Å². The number of hydrogen-bond acceptors (Lipinski definition) is 8. The first-order valence-corrected chi connectivity index (χ1v) is 11.0. The maximum atomic E-state index is 6.58. The summed E-state index contributed by atoms with van der Waals surface area (Å²) >= 11 is 0. The van der Waals surface area contributed by atoms with Crippen LogP contribution in [0.1, 0.15) is 0 Å². The van der Waals surface area contributed by atoms with E-state index in [-0.39, 0.29) is 0 Å². The maximum absolute atomic E-state index is 6.58. The number of rotatable bonds is 7. The van der Waals surface area contributed by atoms with Crippen molar-refractivity contribution in [3.05, 3.63) is 54.6 Å². The van der Waals surface area contributed by atoms with E-state index in [0.717, 1.165) is 67.5 Å². The zero-order valence-electron chi connectivity index (χ0n) is 18.6. The number of fused-ring (bicyclic) bond motifs is 1. The average molecular weight is 446 g/mol. The van der Waals surface area contributed by atoms with E-state index in [1.165, 1.54) is 0 Å². The lowest BCUT2D eigenvalue weighted by Crippen LogP contribution is -2.39. The summed E-state index contributed by atoms with van der Waals surface area (Å²) in [6, 6.07) is 17.6. The highest BCUT2D eigenvalue weighted by molar-refractivity contribution is 5.99. The molecule has 9 heteroatoms. The molecule has 5 rings (SSSR count). The lowest BCUT2D eigenvalue weighted by molar-refractivity contribution is 0.0398. The van der Waals surface area contributed by atoms with E-state index in [0.29, 0.717) is 17.4 Å². The van der Waals surface area contributed by atoms with Crippen LogP contribution in [0.25, 0.3) is 28.0 Å². The second kappa shape index (κ2) is 9.43. The van der Waals surface area contributed by atoms with Crippen molar-refractivity contribution in [1.29, 1.82) is 0 Å². The predicted molar refractivity (Wildman–Crippen MR) is 129 cm³/mol. The number of nitrogens with one attached hydrogen (secondary N) is 1. The summed E-state index contributed by atoms with van der Waals surface area (Å²) in [5.74, 6) is 1.80. The van der Waals surface area contributed by atoms with Gasteiger partial charge in [0.1, 0.15) is 11.6 Å². The Morgan fingerprint density at radius 2 is 1.79 bits per heavy atom. The molecule has 2 aromatic heterocycles. The van der Waals surface area contributed by atoms with Crippen LogP contribution in [0, 0.1) is 0 Å². The fraction of sp³-hybridized carbons (Fsp3) is 0.292. The molecule has 1 aliphatic rings. The van der Waals surface area contributed by atoms with Crippen LogP contribution < -0.4 is 15.8 Å². The number of methoxy groups -OCH3 is 1. The smallest absolute Gasteiger partial charge is 0.225 e. The highest BCUT2D eigenvalue weighted by Crippen LogP contribution is 2.32. The molecule has 3 N–H and O–H groups in total. The Hall–Kier alpha value is -3.69. The number of nitrogens with zero attached hydrogens (tertiary/aromatic N) is 5. The molecule has 0 bridgehead atoms. The van der Waals surface area contributed by atoms with Crippen LogP contribution in [0.3, 0.4) is 0 Å². The first-order chi connectivity index (χ1) is 16.2. The summed E-state index contributed by atoms with van der Waals surface area (Å²) < 4.78 is 12.4. The molecule has 0 radical (unpaired) electrons.